The van der Waals surface area contributed by atoms with Crippen molar-refractivity contribution in [3.05, 3.63) is 34.6 Å². The monoisotopic (exact) mass is 349 g/mol. The summed E-state index contributed by atoms with van der Waals surface area (Å²) >= 11 is 5.97. The number of carbonyl (C=O) groups excluding carboxylic acids is 1. The van der Waals surface area contributed by atoms with E-state index < -0.39 is 6.03 Å². The number of aryl methyl sites for hydroxylation is 2. The molecule has 1 aromatic carbocycles. The second kappa shape index (κ2) is 7.35. The molecule has 0 bridgehead atoms. The Hall–Kier alpha value is -2.54. The third-order valence-electron chi connectivity index (χ3n) is 3.31. The van der Waals surface area contributed by atoms with Gasteiger partial charge in [-0.2, -0.15) is 0 Å². The smallest absolute Gasteiger partial charge is 0.323 e. The molecule has 0 fully saturated rings. The highest BCUT2D eigenvalue weighted by Crippen LogP contribution is 2.27. The zero-order chi connectivity index (χ0) is 17.9. The molecule has 1 aromatic heterocycles. The minimum absolute atomic E-state index is 0.397. The molecule has 0 saturated heterocycles. The normalized spacial score (nSPS) is 10.2. The molecule has 0 aliphatic carbocycles. The van der Waals surface area contributed by atoms with Crippen LogP contribution in [0.4, 0.5) is 22.1 Å². The number of halogens is 1. The number of anilines is 3. The summed E-state index contributed by atoms with van der Waals surface area (Å²) in [5.74, 6) is 1.08. The Labute approximate surface area is 146 Å². The molecule has 0 saturated carbocycles. The highest BCUT2D eigenvalue weighted by Gasteiger charge is 2.13. The van der Waals surface area contributed by atoms with Crippen molar-refractivity contribution in [3.8, 4) is 5.75 Å². The number of benzene rings is 1. The molecule has 1 heterocycles. The van der Waals surface area contributed by atoms with E-state index >= 15 is 0 Å². The summed E-state index contributed by atoms with van der Waals surface area (Å²) in [6.07, 6.45) is 0. The van der Waals surface area contributed by atoms with Crippen molar-refractivity contribution in [3.63, 3.8) is 0 Å². The van der Waals surface area contributed by atoms with Crippen molar-refractivity contribution in [2.75, 3.05) is 36.7 Å². The predicted molar refractivity (Wildman–Crippen MR) is 96.5 cm³/mol. The topological polar surface area (TPSA) is 79.4 Å². The molecule has 2 N–H and O–H groups in total. The standard InChI is InChI=1S/C16H20ClN5O2/c1-9-14(10(2)19-15(18-9)22(3)4)21-16(23)20-11-6-7-12(17)13(8-11)24-5/h6-8H,1-5H3,(H2,20,21,23). The van der Waals surface area contributed by atoms with Crippen molar-refractivity contribution in [1.29, 1.82) is 0 Å². The van der Waals surface area contributed by atoms with Crippen LogP contribution in [0.1, 0.15) is 11.4 Å². The quantitative estimate of drug-likeness (QED) is 0.883. The van der Waals surface area contributed by atoms with Gasteiger partial charge in [-0.3, -0.25) is 0 Å². The van der Waals surface area contributed by atoms with E-state index in [-0.39, 0.29) is 0 Å². The van der Waals surface area contributed by atoms with Gasteiger partial charge < -0.3 is 20.3 Å². The van der Waals surface area contributed by atoms with E-state index in [1.807, 2.05) is 32.8 Å². The predicted octanol–water partition coefficient (Wildman–Crippen LogP) is 3.47. The molecule has 8 heteroatoms. The second-order valence-corrected chi connectivity index (χ2v) is 5.80. The number of amides is 2. The van der Waals surface area contributed by atoms with Crippen LogP contribution in [0.2, 0.25) is 5.02 Å². The average Bonchev–Trinajstić information content (AvgIpc) is 2.52. The van der Waals surface area contributed by atoms with Gasteiger partial charge in [0.15, 0.2) is 0 Å². The van der Waals surface area contributed by atoms with Crippen LogP contribution in [-0.4, -0.2) is 37.2 Å². The van der Waals surface area contributed by atoms with Gasteiger partial charge in [-0.1, -0.05) is 11.6 Å². The molecule has 0 radical (unpaired) electrons. The van der Waals surface area contributed by atoms with Crippen LogP contribution < -0.4 is 20.3 Å². The van der Waals surface area contributed by atoms with Gasteiger partial charge in [0, 0.05) is 25.8 Å². The maximum Gasteiger partial charge on any atom is 0.323 e. The van der Waals surface area contributed by atoms with E-state index in [0.29, 0.717) is 39.5 Å². The average molecular weight is 350 g/mol. The zero-order valence-corrected chi connectivity index (χ0v) is 15.0. The van der Waals surface area contributed by atoms with E-state index in [1.165, 1.54) is 7.11 Å². The van der Waals surface area contributed by atoms with Crippen LogP contribution in [0.3, 0.4) is 0 Å². The molecule has 2 amide bonds. The molecule has 2 rings (SSSR count). The maximum atomic E-state index is 12.2. The number of aromatic nitrogens is 2. The van der Waals surface area contributed by atoms with Crippen molar-refractivity contribution < 1.29 is 9.53 Å². The van der Waals surface area contributed by atoms with Crippen molar-refractivity contribution in [2.45, 2.75) is 13.8 Å². The van der Waals surface area contributed by atoms with Crippen LogP contribution in [-0.2, 0) is 0 Å². The molecule has 0 unspecified atom stereocenters. The number of hydrogen-bond donors (Lipinski definition) is 2. The van der Waals surface area contributed by atoms with E-state index in [4.69, 9.17) is 16.3 Å². The number of carbonyl (C=O) groups is 1. The third kappa shape index (κ3) is 4.05. The fourth-order valence-electron chi connectivity index (χ4n) is 2.09. The molecule has 0 aliphatic heterocycles. The van der Waals surface area contributed by atoms with Crippen LogP contribution in [0.25, 0.3) is 0 Å². The first-order valence-electron chi connectivity index (χ1n) is 7.26. The summed E-state index contributed by atoms with van der Waals surface area (Å²) in [4.78, 5) is 22.8. The van der Waals surface area contributed by atoms with Crippen LogP contribution in [0.5, 0.6) is 5.75 Å². The Kier molecular flexibility index (Phi) is 5.46. The van der Waals surface area contributed by atoms with Crippen LogP contribution >= 0.6 is 11.6 Å². The van der Waals surface area contributed by atoms with Gasteiger partial charge in [0.25, 0.3) is 0 Å². The fraction of sp³-hybridized carbons (Fsp3) is 0.312. The number of hydrogen-bond acceptors (Lipinski definition) is 5. The first-order chi connectivity index (χ1) is 11.3. The molecule has 2 aromatic rings. The van der Waals surface area contributed by atoms with E-state index in [1.54, 1.807) is 18.2 Å². The summed E-state index contributed by atoms with van der Waals surface area (Å²) < 4.78 is 5.13. The Morgan fingerprint density at radius 3 is 2.33 bits per heavy atom. The third-order valence-corrected chi connectivity index (χ3v) is 3.62. The highest BCUT2D eigenvalue weighted by molar-refractivity contribution is 6.32. The van der Waals surface area contributed by atoms with E-state index in [0.717, 1.165) is 0 Å². The first kappa shape index (κ1) is 17.8. The number of ether oxygens (including phenoxy) is 1. The largest absolute Gasteiger partial charge is 0.495 e. The highest BCUT2D eigenvalue weighted by atomic mass is 35.5. The summed E-state index contributed by atoms with van der Waals surface area (Å²) in [6.45, 7) is 3.64. The summed E-state index contributed by atoms with van der Waals surface area (Å²) in [5.41, 5.74) is 2.53. The Bertz CT molecular complexity index is 741. The molecular weight excluding hydrogens is 330 g/mol. The van der Waals surface area contributed by atoms with E-state index in [2.05, 4.69) is 20.6 Å². The van der Waals surface area contributed by atoms with Crippen molar-refractivity contribution in [2.24, 2.45) is 0 Å². The summed E-state index contributed by atoms with van der Waals surface area (Å²) in [6, 6.07) is 4.59. The lowest BCUT2D eigenvalue weighted by Crippen LogP contribution is -2.22. The van der Waals surface area contributed by atoms with Gasteiger partial charge in [0.1, 0.15) is 5.75 Å². The lowest BCUT2D eigenvalue weighted by Gasteiger charge is -2.16. The number of rotatable bonds is 4. The first-order valence-corrected chi connectivity index (χ1v) is 7.63. The van der Waals surface area contributed by atoms with E-state index in [9.17, 15) is 4.79 Å². The lowest BCUT2D eigenvalue weighted by atomic mass is 10.3. The number of nitrogens with one attached hydrogen (secondary N) is 2. The lowest BCUT2D eigenvalue weighted by molar-refractivity contribution is 0.262. The molecular formula is C16H20ClN5O2. The van der Waals surface area contributed by atoms with Gasteiger partial charge in [-0.15, -0.1) is 0 Å². The van der Waals surface area contributed by atoms with Gasteiger partial charge in [0.05, 0.1) is 29.2 Å². The molecule has 0 spiro atoms. The molecule has 0 aliphatic rings. The summed E-state index contributed by atoms with van der Waals surface area (Å²) in [5, 5.41) is 5.98. The zero-order valence-electron chi connectivity index (χ0n) is 14.3. The Morgan fingerprint density at radius 1 is 1.17 bits per heavy atom. The van der Waals surface area contributed by atoms with Crippen molar-refractivity contribution >= 4 is 35.0 Å². The Morgan fingerprint density at radius 2 is 1.79 bits per heavy atom. The molecule has 24 heavy (non-hydrogen) atoms. The maximum absolute atomic E-state index is 12.2. The van der Waals surface area contributed by atoms with Crippen molar-refractivity contribution in [1.82, 2.24) is 9.97 Å². The minimum Gasteiger partial charge on any atom is -0.495 e. The van der Waals surface area contributed by atoms with Crippen LogP contribution in [0, 0.1) is 13.8 Å². The Balaban J connectivity index is 2.15. The van der Waals surface area contributed by atoms with Gasteiger partial charge >= 0.3 is 6.03 Å². The molecule has 7 nitrogen and oxygen atoms in total. The number of methoxy groups -OCH3 is 1. The fourth-order valence-corrected chi connectivity index (χ4v) is 2.29. The van der Waals surface area contributed by atoms with Gasteiger partial charge in [-0.25, -0.2) is 14.8 Å². The number of urea groups is 1. The molecule has 0 atom stereocenters. The summed E-state index contributed by atoms with van der Waals surface area (Å²) in [7, 11) is 5.24. The minimum atomic E-state index is -0.397. The van der Waals surface area contributed by atoms with Gasteiger partial charge in [-0.05, 0) is 26.0 Å². The molecule has 128 valence electrons. The van der Waals surface area contributed by atoms with Gasteiger partial charge in [0.2, 0.25) is 5.95 Å². The number of nitrogens with zero attached hydrogens (tertiary/aromatic N) is 3. The SMILES string of the molecule is COc1cc(NC(=O)Nc2c(C)nc(N(C)C)nc2C)ccc1Cl. The van der Waals surface area contributed by atoms with Crippen LogP contribution in [0.15, 0.2) is 18.2 Å². The second-order valence-electron chi connectivity index (χ2n) is 5.39.